The fourth-order valence-electron chi connectivity index (χ4n) is 1.91. The van der Waals surface area contributed by atoms with Crippen molar-refractivity contribution in [3.8, 4) is 0 Å². The van der Waals surface area contributed by atoms with Crippen LogP contribution < -0.4 is 11.1 Å². The highest BCUT2D eigenvalue weighted by Gasteiger charge is 2.22. The molecule has 0 aromatic carbocycles. The molecule has 0 aliphatic carbocycles. The summed E-state index contributed by atoms with van der Waals surface area (Å²) in [6.45, 7) is 7.19. The highest BCUT2D eigenvalue weighted by molar-refractivity contribution is 7.10. The van der Waals surface area contributed by atoms with Crippen molar-refractivity contribution in [2.24, 2.45) is 16.3 Å². The Morgan fingerprint density at radius 2 is 2.26 bits per heavy atom. The molecule has 0 aliphatic heterocycles. The standard InChI is InChI=1S/C14H25N3OS/c1-11(12-7-6-10-19-12)16-9-5-4-8-14(2,3)13(15)17-18/h6-7,10-11,16,18H,4-5,8-9H2,1-3H3,(H2,15,17)/t11-/m1/s1. The molecule has 1 heterocycles. The van der Waals surface area contributed by atoms with Gasteiger partial charge in [-0.3, -0.25) is 0 Å². The van der Waals surface area contributed by atoms with Gasteiger partial charge < -0.3 is 16.3 Å². The van der Waals surface area contributed by atoms with Gasteiger partial charge in [0.25, 0.3) is 0 Å². The van der Waals surface area contributed by atoms with Crippen molar-refractivity contribution in [2.75, 3.05) is 6.54 Å². The minimum absolute atomic E-state index is 0.228. The predicted octanol–water partition coefficient (Wildman–Crippen LogP) is 3.34. The van der Waals surface area contributed by atoms with Gasteiger partial charge in [0.1, 0.15) is 5.84 Å². The molecule has 0 aliphatic rings. The molecule has 1 aromatic rings. The van der Waals surface area contributed by atoms with Crippen LogP contribution in [-0.2, 0) is 0 Å². The van der Waals surface area contributed by atoms with Crippen LogP contribution >= 0.6 is 11.3 Å². The summed E-state index contributed by atoms with van der Waals surface area (Å²) in [6, 6.07) is 4.65. The Balaban J connectivity index is 2.18. The van der Waals surface area contributed by atoms with Gasteiger partial charge in [-0.2, -0.15) is 0 Å². The van der Waals surface area contributed by atoms with E-state index in [0.29, 0.717) is 11.9 Å². The zero-order chi connectivity index (χ0) is 14.3. The van der Waals surface area contributed by atoms with Crippen LogP contribution in [0.25, 0.3) is 0 Å². The van der Waals surface area contributed by atoms with E-state index in [1.54, 1.807) is 11.3 Å². The van der Waals surface area contributed by atoms with Gasteiger partial charge >= 0.3 is 0 Å². The first-order valence-corrected chi connectivity index (χ1v) is 7.60. The first kappa shape index (κ1) is 16.0. The monoisotopic (exact) mass is 283 g/mol. The van der Waals surface area contributed by atoms with Crippen LogP contribution in [0.3, 0.4) is 0 Å². The number of nitrogens with zero attached hydrogens (tertiary/aromatic N) is 1. The largest absolute Gasteiger partial charge is 0.409 e. The summed E-state index contributed by atoms with van der Waals surface area (Å²) in [5, 5.41) is 17.4. The molecule has 0 saturated heterocycles. The SMILES string of the molecule is C[C@@H](NCCCCC(C)(C)/C(N)=N/O)c1cccs1. The molecule has 4 N–H and O–H groups in total. The van der Waals surface area contributed by atoms with Gasteiger partial charge in [0.05, 0.1) is 0 Å². The van der Waals surface area contributed by atoms with Crippen LogP contribution in [0.2, 0.25) is 0 Å². The van der Waals surface area contributed by atoms with E-state index in [4.69, 9.17) is 10.9 Å². The lowest BCUT2D eigenvalue weighted by atomic mass is 9.86. The lowest BCUT2D eigenvalue weighted by molar-refractivity contribution is 0.304. The molecule has 108 valence electrons. The maximum absolute atomic E-state index is 8.70. The highest BCUT2D eigenvalue weighted by atomic mass is 32.1. The Hall–Kier alpha value is -1.07. The van der Waals surface area contributed by atoms with Gasteiger partial charge in [-0.05, 0) is 37.8 Å². The Morgan fingerprint density at radius 1 is 1.53 bits per heavy atom. The van der Waals surface area contributed by atoms with E-state index in [9.17, 15) is 0 Å². The molecular formula is C14H25N3OS. The summed E-state index contributed by atoms with van der Waals surface area (Å²) >= 11 is 1.78. The van der Waals surface area contributed by atoms with Gasteiger partial charge in [0.15, 0.2) is 0 Å². The van der Waals surface area contributed by atoms with E-state index in [1.165, 1.54) is 4.88 Å². The molecule has 0 bridgehead atoms. The summed E-state index contributed by atoms with van der Waals surface area (Å²) < 4.78 is 0. The second kappa shape index (κ2) is 7.50. The van der Waals surface area contributed by atoms with Crippen molar-refractivity contribution in [3.05, 3.63) is 22.4 Å². The summed E-state index contributed by atoms with van der Waals surface area (Å²) in [4.78, 5) is 1.37. The third-order valence-electron chi connectivity index (χ3n) is 3.45. The second-order valence-corrected chi connectivity index (χ2v) is 6.50. The fourth-order valence-corrected chi connectivity index (χ4v) is 2.67. The zero-order valence-corrected chi connectivity index (χ0v) is 12.8. The van der Waals surface area contributed by atoms with Crippen LogP contribution in [0.1, 0.15) is 51.0 Å². The molecule has 0 unspecified atom stereocenters. The maximum Gasteiger partial charge on any atom is 0.144 e. The van der Waals surface area contributed by atoms with E-state index in [2.05, 4.69) is 34.9 Å². The maximum atomic E-state index is 8.70. The van der Waals surface area contributed by atoms with Gasteiger partial charge in [-0.1, -0.05) is 31.5 Å². The molecule has 0 fully saturated rings. The minimum atomic E-state index is -0.228. The molecule has 1 atom stereocenters. The molecule has 19 heavy (non-hydrogen) atoms. The Labute approximate surface area is 119 Å². The molecule has 0 amide bonds. The number of thiophene rings is 1. The number of nitrogens with one attached hydrogen (secondary N) is 1. The minimum Gasteiger partial charge on any atom is -0.409 e. The number of hydrogen-bond acceptors (Lipinski definition) is 4. The van der Waals surface area contributed by atoms with Gasteiger partial charge in [0.2, 0.25) is 0 Å². The van der Waals surface area contributed by atoms with E-state index < -0.39 is 0 Å². The number of nitrogens with two attached hydrogens (primary N) is 1. The molecule has 4 nitrogen and oxygen atoms in total. The average Bonchev–Trinajstić information content (AvgIpc) is 2.90. The van der Waals surface area contributed by atoms with Crippen molar-refractivity contribution in [1.29, 1.82) is 0 Å². The lowest BCUT2D eigenvalue weighted by Gasteiger charge is -2.22. The van der Waals surface area contributed by atoms with Gasteiger partial charge in [-0.25, -0.2) is 0 Å². The van der Waals surface area contributed by atoms with E-state index in [1.807, 2.05) is 13.8 Å². The van der Waals surface area contributed by atoms with Crippen molar-refractivity contribution in [2.45, 2.75) is 46.1 Å². The highest BCUT2D eigenvalue weighted by Crippen LogP contribution is 2.23. The zero-order valence-electron chi connectivity index (χ0n) is 12.0. The quantitative estimate of drug-likeness (QED) is 0.225. The van der Waals surface area contributed by atoms with Crippen LogP contribution in [0.15, 0.2) is 22.7 Å². The number of oxime groups is 1. The number of hydrogen-bond donors (Lipinski definition) is 3. The topological polar surface area (TPSA) is 70.6 Å². The smallest absolute Gasteiger partial charge is 0.144 e. The van der Waals surface area contributed by atoms with Gasteiger partial charge in [-0.15, -0.1) is 11.3 Å². The Bertz CT molecular complexity index is 387. The second-order valence-electron chi connectivity index (χ2n) is 5.52. The number of rotatable bonds is 8. The summed E-state index contributed by atoms with van der Waals surface area (Å²) in [5.74, 6) is 0.312. The Morgan fingerprint density at radius 3 is 2.84 bits per heavy atom. The fraction of sp³-hybridized carbons (Fsp3) is 0.643. The molecule has 0 saturated carbocycles. The molecule has 1 rings (SSSR count). The summed E-state index contributed by atoms with van der Waals surface area (Å²) in [5.41, 5.74) is 5.44. The normalized spacial score (nSPS) is 14.6. The average molecular weight is 283 g/mol. The first-order chi connectivity index (χ1) is 8.97. The molecular weight excluding hydrogens is 258 g/mol. The van der Waals surface area contributed by atoms with Crippen molar-refractivity contribution < 1.29 is 5.21 Å². The van der Waals surface area contributed by atoms with E-state index >= 15 is 0 Å². The predicted molar refractivity (Wildman–Crippen MR) is 81.8 cm³/mol. The molecule has 0 spiro atoms. The summed E-state index contributed by atoms with van der Waals surface area (Å²) in [7, 11) is 0. The Kier molecular flexibility index (Phi) is 6.31. The van der Waals surface area contributed by atoms with Crippen molar-refractivity contribution in [1.82, 2.24) is 5.32 Å². The van der Waals surface area contributed by atoms with E-state index in [-0.39, 0.29) is 5.41 Å². The number of amidine groups is 1. The number of unbranched alkanes of at least 4 members (excludes halogenated alkanes) is 1. The first-order valence-electron chi connectivity index (χ1n) is 6.72. The van der Waals surface area contributed by atoms with Crippen molar-refractivity contribution >= 4 is 17.2 Å². The van der Waals surface area contributed by atoms with Crippen molar-refractivity contribution in [3.63, 3.8) is 0 Å². The van der Waals surface area contributed by atoms with Crippen LogP contribution in [0.5, 0.6) is 0 Å². The molecule has 1 aromatic heterocycles. The summed E-state index contributed by atoms with van der Waals surface area (Å²) in [6.07, 6.45) is 3.09. The third kappa shape index (κ3) is 5.20. The lowest BCUT2D eigenvalue weighted by Crippen LogP contribution is -2.32. The van der Waals surface area contributed by atoms with Crippen LogP contribution in [-0.4, -0.2) is 17.6 Å². The van der Waals surface area contributed by atoms with Gasteiger partial charge in [0, 0.05) is 16.3 Å². The van der Waals surface area contributed by atoms with Crippen LogP contribution in [0, 0.1) is 5.41 Å². The van der Waals surface area contributed by atoms with Crippen LogP contribution in [0.4, 0.5) is 0 Å². The molecule has 5 heteroatoms. The third-order valence-corrected chi connectivity index (χ3v) is 4.51. The van der Waals surface area contributed by atoms with E-state index in [0.717, 1.165) is 25.8 Å². The molecule has 0 radical (unpaired) electrons.